The van der Waals surface area contributed by atoms with Crippen LogP contribution in [0.1, 0.15) is 23.3 Å². The maximum absolute atomic E-state index is 12.2. The molecule has 5 heteroatoms. The summed E-state index contributed by atoms with van der Waals surface area (Å²) < 4.78 is 0. The van der Waals surface area contributed by atoms with Crippen molar-refractivity contribution in [1.82, 2.24) is 4.90 Å². The van der Waals surface area contributed by atoms with E-state index in [2.05, 4.69) is 40.7 Å². The molecule has 3 rings (SSSR count). The molecule has 1 saturated heterocycles. The number of aryl methyl sites for hydroxylation is 1. The Balaban J connectivity index is 1.50. The van der Waals surface area contributed by atoms with Crippen molar-refractivity contribution in [2.24, 2.45) is 0 Å². The molecular formula is C19H25N3OS. The van der Waals surface area contributed by atoms with Crippen molar-refractivity contribution in [3.05, 3.63) is 46.2 Å². The molecule has 128 valence electrons. The molecule has 0 unspecified atom stereocenters. The summed E-state index contributed by atoms with van der Waals surface area (Å²) in [5.41, 5.74) is 3.41. The van der Waals surface area contributed by atoms with E-state index in [1.54, 1.807) is 11.3 Å². The van der Waals surface area contributed by atoms with Crippen molar-refractivity contribution in [3.63, 3.8) is 0 Å². The van der Waals surface area contributed by atoms with Crippen molar-refractivity contribution in [3.8, 4) is 0 Å². The first-order valence-corrected chi connectivity index (χ1v) is 9.36. The Labute approximate surface area is 148 Å². The van der Waals surface area contributed by atoms with Gasteiger partial charge in [0.15, 0.2) is 0 Å². The highest BCUT2D eigenvalue weighted by Crippen LogP contribution is 2.22. The predicted octanol–water partition coefficient (Wildman–Crippen LogP) is 3.73. The van der Waals surface area contributed by atoms with Gasteiger partial charge in [-0.2, -0.15) is 0 Å². The zero-order chi connectivity index (χ0) is 16.9. The second kappa shape index (κ2) is 7.81. The third-order valence-corrected chi connectivity index (χ3v) is 5.43. The Bertz CT molecular complexity index is 674. The number of thiophene rings is 1. The van der Waals surface area contributed by atoms with E-state index in [4.69, 9.17) is 0 Å². The van der Waals surface area contributed by atoms with Gasteiger partial charge in [0.05, 0.1) is 6.54 Å². The van der Waals surface area contributed by atoms with Crippen LogP contribution in [0, 0.1) is 6.92 Å². The van der Waals surface area contributed by atoms with Gasteiger partial charge in [0.2, 0.25) is 5.91 Å². The second-order valence-electron chi connectivity index (χ2n) is 6.49. The van der Waals surface area contributed by atoms with Gasteiger partial charge in [0.1, 0.15) is 0 Å². The Kier molecular flexibility index (Phi) is 5.53. The lowest BCUT2D eigenvalue weighted by atomic mass is 10.2. The number of amides is 1. The topological polar surface area (TPSA) is 35.6 Å². The molecule has 1 amide bonds. The minimum absolute atomic E-state index is 0.0284. The number of benzene rings is 1. The maximum Gasteiger partial charge on any atom is 0.238 e. The molecule has 0 radical (unpaired) electrons. The van der Waals surface area contributed by atoms with Crippen molar-refractivity contribution in [2.75, 3.05) is 36.9 Å². The van der Waals surface area contributed by atoms with Crippen LogP contribution in [0.15, 0.2) is 35.7 Å². The molecule has 1 fully saturated rings. The lowest BCUT2D eigenvalue weighted by Crippen LogP contribution is -2.29. The molecule has 0 atom stereocenters. The van der Waals surface area contributed by atoms with E-state index in [1.165, 1.54) is 29.0 Å². The van der Waals surface area contributed by atoms with E-state index in [0.717, 1.165) is 25.3 Å². The average Bonchev–Trinajstić information content (AvgIpc) is 3.20. The van der Waals surface area contributed by atoms with Crippen LogP contribution < -0.4 is 10.2 Å². The van der Waals surface area contributed by atoms with Gasteiger partial charge in [-0.05, 0) is 68.1 Å². The Morgan fingerprint density at radius 3 is 2.54 bits per heavy atom. The fourth-order valence-corrected chi connectivity index (χ4v) is 4.03. The molecule has 1 aliphatic rings. The first-order chi connectivity index (χ1) is 11.6. The zero-order valence-corrected chi connectivity index (χ0v) is 15.2. The van der Waals surface area contributed by atoms with Crippen molar-refractivity contribution in [1.29, 1.82) is 0 Å². The van der Waals surface area contributed by atoms with E-state index in [9.17, 15) is 4.79 Å². The molecule has 0 bridgehead atoms. The molecule has 1 aromatic carbocycles. The molecule has 24 heavy (non-hydrogen) atoms. The second-order valence-corrected chi connectivity index (χ2v) is 7.49. The third-order valence-electron chi connectivity index (χ3n) is 4.42. The van der Waals surface area contributed by atoms with Gasteiger partial charge in [-0.1, -0.05) is 0 Å². The highest BCUT2D eigenvalue weighted by molar-refractivity contribution is 7.10. The smallest absolute Gasteiger partial charge is 0.238 e. The van der Waals surface area contributed by atoms with Crippen molar-refractivity contribution >= 4 is 28.6 Å². The van der Waals surface area contributed by atoms with Crippen LogP contribution in [-0.4, -0.2) is 37.5 Å². The summed E-state index contributed by atoms with van der Waals surface area (Å²) in [6.45, 7) is 5.59. The zero-order valence-electron chi connectivity index (χ0n) is 14.4. The monoisotopic (exact) mass is 343 g/mol. The van der Waals surface area contributed by atoms with Gasteiger partial charge in [-0.25, -0.2) is 0 Å². The van der Waals surface area contributed by atoms with Crippen LogP contribution in [0.4, 0.5) is 11.4 Å². The number of rotatable bonds is 6. The van der Waals surface area contributed by atoms with Crippen LogP contribution in [0.25, 0.3) is 0 Å². The van der Waals surface area contributed by atoms with Crippen LogP contribution in [0.3, 0.4) is 0 Å². The van der Waals surface area contributed by atoms with E-state index in [0.29, 0.717) is 6.54 Å². The highest BCUT2D eigenvalue weighted by Gasteiger charge is 2.13. The molecule has 1 N–H and O–H groups in total. The van der Waals surface area contributed by atoms with Gasteiger partial charge in [0.25, 0.3) is 0 Å². The number of hydrogen-bond acceptors (Lipinski definition) is 4. The molecule has 1 aliphatic heterocycles. The SMILES string of the molecule is Cc1ccsc1CN(C)CC(=O)Nc1ccc(N2CCCC2)cc1. The number of nitrogens with zero attached hydrogens (tertiary/aromatic N) is 2. The molecule has 1 aromatic heterocycles. The number of nitrogens with one attached hydrogen (secondary N) is 1. The van der Waals surface area contributed by atoms with Gasteiger partial charge < -0.3 is 10.2 Å². The first kappa shape index (κ1) is 17.0. The third kappa shape index (κ3) is 4.36. The summed E-state index contributed by atoms with van der Waals surface area (Å²) in [4.78, 5) is 18.0. The molecule has 0 saturated carbocycles. The van der Waals surface area contributed by atoms with Gasteiger partial charge in [-0.15, -0.1) is 11.3 Å². The summed E-state index contributed by atoms with van der Waals surface area (Å²) in [5.74, 6) is 0.0284. The number of anilines is 2. The normalized spacial score (nSPS) is 14.4. The van der Waals surface area contributed by atoms with Gasteiger partial charge in [-0.3, -0.25) is 9.69 Å². The van der Waals surface area contributed by atoms with E-state index in [1.807, 2.05) is 24.1 Å². The number of carbonyl (C=O) groups excluding carboxylic acids is 1. The standard InChI is InChI=1S/C19H25N3OS/c1-15-9-12-24-18(15)13-21(2)14-19(23)20-16-5-7-17(8-6-16)22-10-3-4-11-22/h5-9,12H,3-4,10-11,13-14H2,1-2H3,(H,20,23). The van der Waals surface area contributed by atoms with Gasteiger partial charge >= 0.3 is 0 Å². The van der Waals surface area contributed by atoms with Crippen LogP contribution in [-0.2, 0) is 11.3 Å². The molecule has 2 aromatic rings. The number of hydrogen-bond donors (Lipinski definition) is 1. The lowest BCUT2D eigenvalue weighted by Gasteiger charge is -2.18. The largest absolute Gasteiger partial charge is 0.372 e. The molecule has 0 spiro atoms. The van der Waals surface area contributed by atoms with Crippen molar-refractivity contribution in [2.45, 2.75) is 26.3 Å². The first-order valence-electron chi connectivity index (χ1n) is 8.48. The van der Waals surface area contributed by atoms with E-state index < -0.39 is 0 Å². The van der Waals surface area contributed by atoms with E-state index >= 15 is 0 Å². The molecule has 0 aliphatic carbocycles. The summed E-state index contributed by atoms with van der Waals surface area (Å²) in [5, 5.41) is 5.09. The maximum atomic E-state index is 12.2. The number of likely N-dealkylation sites (N-methyl/N-ethyl adjacent to an activating group) is 1. The van der Waals surface area contributed by atoms with Crippen LogP contribution in [0.2, 0.25) is 0 Å². The lowest BCUT2D eigenvalue weighted by molar-refractivity contribution is -0.117. The predicted molar refractivity (Wildman–Crippen MR) is 102 cm³/mol. The summed E-state index contributed by atoms with van der Waals surface area (Å²) >= 11 is 1.74. The quantitative estimate of drug-likeness (QED) is 0.868. The fourth-order valence-electron chi connectivity index (χ4n) is 3.04. The van der Waals surface area contributed by atoms with Crippen LogP contribution >= 0.6 is 11.3 Å². The Hall–Kier alpha value is -1.85. The minimum atomic E-state index is 0.0284. The summed E-state index contributed by atoms with van der Waals surface area (Å²) in [7, 11) is 1.98. The van der Waals surface area contributed by atoms with Gasteiger partial charge in [0, 0.05) is 35.9 Å². The number of carbonyl (C=O) groups is 1. The molecule has 4 nitrogen and oxygen atoms in total. The summed E-state index contributed by atoms with van der Waals surface area (Å²) in [6, 6.07) is 10.3. The molecular weight excluding hydrogens is 318 g/mol. The average molecular weight is 343 g/mol. The highest BCUT2D eigenvalue weighted by atomic mass is 32.1. The van der Waals surface area contributed by atoms with Crippen LogP contribution in [0.5, 0.6) is 0 Å². The fraction of sp³-hybridized carbons (Fsp3) is 0.421. The van der Waals surface area contributed by atoms with E-state index in [-0.39, 0.29) is 5.91 Å². The summed E-state index contributed by atoms with van der Waals surface area (Å²) in [6.07, 6.45) is 2.54. The Morgan fingerprint density at radius 1 is 1.21 bits per heavy atom. The minimum Gasteiger partial charge on any atom is -0.372 e. The molecule has 2 heterocycles. The Morgan fingerprint density at radius 2 is 1.92 bits per heavy atom. The van der Waals surface area contributed by atoms with Crippen molar-refractivity contribution < 1.29 is 4.79 Å².